The van der Waals surface area contributed by atoms with Crippen molar-refractivity contribution in [2.75, 3.05) is 67.2 Å². The quantitative estimate of drug-likeness (QED) is 0.0110. The lowest BCUT2D eigenvalue weighted by molar-refractivity contribution is -0.870. The normalized spacial score (nSPS) is 14.3. The largest absolute Gasteiger partial charge is 0.756 e. The van der Waals surface area contributed by atoms with Crippen LogP contribution in [0.4, 0.5) is 0 Å². The van der Waals surface area contributed by atoms with E-state index in [0.717, 1.165) is 128 Å². The summed E-state index contributed by atoms with van der Waals surface area (Å²) in [6.45, 7) is 8.37. The highest BCUT2D eigenvalue weighted by atomic mass is 31.2. The highest BCUT2D eigenvalue weighted by Crippen LogP contribution is 2.45. The highest BCUT2D eigenvalue weighted by Gasteiger charge is 2.35. The van der Waals surface area contributed by atoms with E-state index >= 15 is 0 Å². The minimum Gasteiger partial charge on any atom is -0.756 e. The minimum absolute atomic E-state index is 0.0820. The number of allylic oxidation sites excluding steroid dienone is 4. The maximum Gasteiger partial charge on any atom is 0.475 e. The zero-order valence-corrected chi connectivity index (χ0v) is 62.8. The first-order valence-corrected chi connectivity index (χ1v) is 41.1. The lowest BCUT2D eigenvalue weighted by Gasteiger charge is -2.28. The number of phosphoric ester groups is 2. The molecule has 0 radical (unpaired) electrons. The molecule has 94 heavy (non-hydrogen) atoms. The molecule has 0 amide bonds. The van der Waals surface area contributed by atoms with Crippen molar-refractivity contribution in [3.8, 4) is 0 Å². The van der Waals surface area contributed by atoms with Crippen LogP contribution in [0.15, 0.2) is 24.3 Å². The van der Waals surface area contributed by atoms with Gasteiger partial charge in [-0.25, -0.2) is 9.09 Å². The Morgan fingerprint density at radius 2 is 0.777 bits per heavy atom. The van der Waals surface area contributed by atoms with E-state index in [1.807, 2.05) is 21.1 Å². The Morgan fingerprint density at radius 3 is 1.18 bits per heavy atom. The highest BCUT2D eigenvalue weighted by molar-refractivity contribution is 7.47. The van der Waals surface area contributed by atoms with Gasteiger partial charge in [0.25, 0.3) is 7.82 Å². The molecule has 0 aromatic carbocycles. The second-order valence-corrected chi connectivity index (χ2v) is 29.9. The van der Waals surface area contributed by atoms with E-state index in [1.54, 1.807) is 0 Å². The number of quaternary nitrogens is 1. The molecule has 0 saturated carbocycles. The lowest BCUT2D eigenvalue weighted by Crippen LogP contribution is -2.37. The maximum atomic E-state index is 13.2. The van der Waals surface area contributed by atoms with E-state index in [1.165, 1.54) is 142 Å². The Bertz CT molecular complexity index is 1940. The van der Waals surface area contributed by atoms with Crippen molar-refractivity contribution in [3.05, 3.63) is 24.3 Å². The fourth-order valence-electron chi connectivity index (χ4n) is 10.7. The summed E-state index contributed by atoms with van der Waals surface area (Å²) in [5.74, 6) is -2.10. The molecule has 0 heterocycles. The number of hydrogen-bond donors (Lipinski definition) is 2. The average Bonchev–Trinajstić information content (AvgIpc) is 0.979. The number of carbonyl (C=O) groups is 4. The molecule has 4 unspecified atom stereocenters. The fourth-order valence-corrected chi connectivity index (χ4v) is 12.3. The Hall–Kier alpha value is -2.50. The number of ether oxygens (including phenoxy) is 4. The number of carbonyl (C=O) groups excluding carboxylic acids is 4. The van der Waals surface area contributed by atoms with Crippen molar-refractivity contribution >= 4 is 39.5 Å². The van der Waals surface area contributed by atoms with Gasteiger partial charge in [0.05, 0.1) is 34.4 Å². The van der Waals surface area contributed by atoms with Gasteiger partial charge in [-0.15, -0.1) is 0 Å². The zero-order chi connectivity index (χ0) is 69.3. The van der Waals surface area contributed by atoms with Crippen LogP contribution in [0, 0.1) is 0 Å². The van der Waals surface area contributed by atoms with Crippen LogP contribution in [0.3, 0.4) is 0 Å². The van der Waals surface area contributed by atoms with E-state index in [2.05, 4.69) is 50.4 Å². The van der Waals surface area contributed by atoms with Crippen molar-refractivity contribution in [1.29, 1.82) is 0 Å². The average molecular weight is 1380 g/mol. The van der Waals surface area contributed by atoms with Gasteiger partial charge in [-0.05, 0) is 96.9 Å². The van der Waals surface area contributed by atoms with Gasteiger partial charge in [0, 0.05) is 32.2 Å². The standard InChI is InChI=1S/C74H142N2O16P2/c1-8-11-14-17-20-23-26-29-31-34-37-40-43-48-53-58-71(78)89-68(4)74(91-73(80)60-55-49-44-41-38-35-32-30-27-24-21-18-15-12-9-2)92-94(83,84)86-64-62-75-61-56-51-46-45-50-54-59-72(79)90-69(67-88-93(81,82)87-65-63-76(5,6)7)66-85-70(77)57-52-47-42-39-36-33-28-25-22-19-16-13-10-3/h29-32,68-69,74-75H,8-28,33-67H2,1-7H3,(H-,81,82,83,84)/b31-29-,32-30+/t68?,69-,74?/m1/s1. The summed E-state index contributed by atoms with van der Waals surface area (Å²) in [7, 11) is -3.76. The van der Waals surface area contributed by atoms with E-state index in [0.29, 0.717) is 43.3 Å². The summed E-state index contributed by atoms with van der Waals surface area (Å²) in [5, 5.41) is 3.20. The Balaban J connectivity index is 4.92. The van der Waals surface area contributed by atoms with Crippen LogP contribution < -0.4 is 10.2 Å². The third kappa shape index (κ3) is 66.7. The summed E-state index contributed by atoms with van der Waals surface area (Å²) < 4.78 is 69.2. The molecule has 0 aromatic rings. The second-order valence-electron chi connectivity index (χ2n) is 27.1. The van der Waals surface area contributed by atoms with Crippen molar-refractivity contribution in [1.82, 2.24) is 5.32 Å². The van der Waals surface area contributed by atoms with Gasteiger partial charge < -0.3 is 47.6 Å². The Kier molecular flexibility index (Phi) is 63.4. The van der Waals surface area contributed by atoms with Crippen molar-refractivity contribution in [2.45, 2.75) is 361 Å². The van der Waals surface area contributed by atoms with E-state index in [9.17, 15) is 38.1 Å². The van der Waals surface area contributed by atoms with Crippen LogP contribution in [-0.4, -0.2) is 119 Å². The monoisotopic (exact) mass is 1380 g/mol. The zero-order valence-electron chi connectivity index (χ0n) is 61.1. The number of hydrogen-bond acceptors (Lipinski definition) is 16. The smallest absolute Gasteiger partial charge is 0.475 e. The predicted octanol–water partition coefficient (Wildman–Crippen LogP) is 19.5. The van der Waals surface area contributed by atoms with Gasteiger partial charge in [-0.1, -0.05) is 251 Å². The topological polar surface area (TPSA) is 232 Å². The number of nitrogens with one attached hydrogen (secondary N) is 1. The molecule has 0 aromatic heterocycles. The Labute approximate surface area is 574 Å². The van der Waals surface area contributed by atoms with Gasteiger partial charge in [0.1, 0.15) is 19.8 Å². The van der Waals surface area contributed by atoms with Crippen LogP contribution in [-0.2, 0) is 65.4 Å². The molecule has 0 aliphatic carbocycles. The summed E-state index contributed by atoms with van der Waals surface area (Å²) >= 11 is 0. The molecule has 20 heteroatoms. The molecule has 5 atom stereocenters. The number of nitrogens with zero attached hydrogens (tertiary/aromatic N) is 1. The van der Waals surface area contributed by atoms with Crippen LogP contribution >= 0.6 is 15.6 Å². The fraction of sp³-hybridized carbons (Fsp3) is 0.892. The predicted molar refractivity (Wildman–Crippen MR) is 380 cm³/mol. The van der Waals surface area contributed by atoms with E-state index < -0.39 is 64.6 Å². The van der Waals surface area contributed by atoms with Crippen LogP contribution in [0.1, 0.15) is 342 Å². The van der Waals surface area contributed by atoms with E-state index in [4.69, 9.17) is 37.0 Å². The summed E-state index contributed by atoms with van der Waals surface area (Å²) in [6, 6.07) is 0. The summed E-state index contributed by atoms with van der Waals surface area (Å²) in [5.41, 5.74) is 0. The third-order valence-corrected chi connectivity index (χ3v) is 18.6. The molecular formula is C74H142N2O16P2. The molecule has 0 bridgehead atoms. The van der Waals surface area contributed by atoms with Gasteiger partial charge in [0.2, 0.25) is 6.29 Å². The molecule has 2 N–H and O–H groups in total. The lowest BCUT2D eigenvalue weighted by atomic mass is 10.0. The van der Waals surface area contributed by atoms with Crippen LogP contribution in [0.5, 0.6) is 0 Å². The SMILES string of the molecule is CCCCCCCC/C=C\CCCCCCCC(=O)OC(C)C(OC(=O)CCCCCCC/C=C/CCCCCCCC)OP(=O)(O)OCCNCCCCCCCCC(=O)O[C@H](COC(=O)CCCCCCCCCCCCCCC)COP(=O)([O-])OCC[N+](C)(C)C. The molecule has 0 aliphatic rings. The first-order valence-electron chi connectivity index (χ1n) is 38.1. The second kappa shape index (κ2) is 65.1. The molecular weight excluding hydrogens is 1230 g/mol. The molecule has 0 spiro atoms. The van der Waals surface area contributed by atoms with Gasteiger partial charge in [0.15, 0.2) is 12.2 Å². The summed E-state index contributed by atoms with van der Waals surface area (Å²) in [4.78, 5) is 74.9. The number of rotatable bonds is 72. The summed E-state index contributed by atoms with van der Waals surface area (Å²) in [6.07, 6.45) is 55.4. The van der Waals surface area contributed by atoms with Crippen LogP contribution in [0.2, 0.25) is 0 Å². The van der Waals surface area contributed by atoms with Gasteiger partial charge in [-0.3, -0.25) is 28.3 Å². The Morgan fingerprint density at radius 1 is 0.426 bits per heavy atom. The van der Waals surface area contributed by atoms with E-state index in [-0.39, 0.29) is 52.0 Å². The molecule has 0 saturated heterocycles. The van der Waals surface area contributed by atoms with Crippen LogP contribution in [0.25, 0.3) is 0 Å². The number of likely N-dealkylation sites (N-methyl/N-ethyl adjacent to an activating group) is 1. The minimum atomic E-state index is -4.76. The number of phosphoric acid groups is 2. The molecule has 0 fully saturated rings. The number of unbranched alkanes of at least 4 members (excludes halogenated alkanes) is 39. The molecule has 0 aliphatic heterocycles. The molecule has 554 valence electrons. The molecule has 0 rings (SSSR count). The number of esters is 4. The molecule has 18 nitrogen and oxygen atoms in total. The van der Waals surface area contributed by atoms with Crippen molar-refractivity contribution in [2.24, 2.45) is 0 Å². The van der Waals surface area contributed by atoms with Crippen molar-refractivity contribution in [3.63, 3.8) is 0 Å². The van der Waals surface area contributed by atoms with Gasteiger partial charge in [-0.2, -0.15) is 0 Å². The third-order valence-electron chi connectivity index (χ3n) is 16.6. The van der Waals surface area contributed by atoms with Gasteiger partial charge >= 0.3 is 31.7 Å². The first-order chi connectivity index (χ1) is 45.3. The first kappa shape index (κ1) is 91.5. The van der Waals surface area contributed by atoms with Crippen molar-refractivity contribution < 1.29 is 79.6 Å². The maximum absolute atomic E-state index is 13.2.